The summed E-state index contributed by atoms with van der Waals surface area (Å²) in [5.74, 6) is -2.20. The SMILES string of the molecule is O=C(O)Cc1ccc(S(=O)(=O)NNC(=O)c2cccc(OC(F)F)c2)cc1. The van der Waals surface area contributed by atoms with E-state index in [1.807, 2.05) is 10.3 Å². The van der Waals surface area contributed by atoms with Gasteiger partial charge in [0.25, 0.3) is 15.9 Å². The number of hydrazine groups is 1. The number of ether oxygens (including phenoxy) is 1. The average Bonchev–Trinajstić information content (AvgIpc) is 2.59. The number of hydrogen-bond acceptors (Lipinski definition) is 5. The molecular weight excluding hydrogens is 386 g/mol. The van der Waals surface area contributed by atoms with Gasteiger partial charge in [0.05, 0.1) is 11.3 Å². The summed E-state index contributed by atoms with van der Waals surface area (Å²) in [6.45, 7) is -3.06. The lowest BCUT2D eigenvalue weighted by Gasteiger charge is -2.10. The van der Waals surface area contributed by atoms with Crippen molar-refractivity contribution in [3.63, 3.8) is 0 Å². The summed E-state index contributed by atoms with van der Waals surface area (Å²) >= 11 is 0. The molecule has 0 saturated heterocycles. The predicted octanol–water partition coefficient (Wildman–Crippen LogP) is 1.54. The molecule has 0 bridgehead atoms. The van der Waals surface area contributed by atoms with Crippen LogP contribution in [0.5, 0.6) is 5.75 Å². The number of halogens is 2. The Balaban J connectivity index is 2.04. The van der Waals surface area contributed by atoms with Gasteiger partial charge < -0.3 is 9.84 Å². The minimum atomic E-state index is -4.12. The zero-order valence-corrected chi connectivity index (χ0v) is 14.4. The Labute approximate surface area is 152 Å². The normalized spacial score (nSPS) is 11.2. The monoisotopic (exact) mass is 400 g/mol. The van der Waals surface area contributed by atoms with E-state index in [4.69, 9.17) is 5.11 Å². The van der Waals surface area contributed by atoms with Crippen LogP contribution in [-0.4, -0.2) is 32.0 Å². The zero-order chi connectivity index (χ0) is 20.0. The van der Waals surface area contributed by atoms with Gasteiger partial charge in [0.1, 0.15) is 5.75 Å². The van der Waals surface area contributed by atoms with Gasteiger partial charge in [0.15, 0.2) is 0 Å². The van der Waals surface area contributed by atoms with E-state index in [-0.39, 0.29) is 22.6 Å². The quantitative estimate of drug-likeness (QED) is 0.578. The van der Waals surface area contributed by atoms with Gasteiger partial charge >= 0.3 is 12.6 Å². The Hall–Kier alpha value is -3.05. The summed E-state index contributed by atoms with van der Waals surface area (Å²) in [5, 5.41) is 8.69. The highest BCUT2D eigenvalue weighted by atomic mass is 32.2. The summed E-state index contributed by atoms with van der Waals surface area (Å²) in [7, 11) is -4.12. The Morgan fingerprint density at radius 1 is 1.11 bits per heavy atom. The second-order valence-corrected chi connectivity index (χ2v) is 6.86. The maximum atomic E-state index is 12.2. The molecule has 3 N–H and O–H groups in total. The zero-order valence-electron chi connectivity index (χ0n) is 13.6. The van der Waals surface area contributed by atoms with Crippen LogP contribution in [0.25, 0.3) is 0 Å². The number of benzene rings is 2. The van der Waals surface area contributed by atoms with Crippen LogP contribution in [-0.2, 0) is 21.2 Å². The molecule has 0 atom stereocenters. The number of carbonyl (C=O) groups is 2. The smallest absolute Gasteiger partial charge is 0.387 e. The minimum absolute atomic E-state index is 0.104. The number of amides is 1. The molecular formula is C16H14F2N2O6S. The molecule has 2 rings (SSSR count). The fourth-order valence-corrected chi connectivity index (χ4v) is 2.86. The topological polar surface area (TPSA) is 122 Å². The van der Waals surface area contributed by atoms with E-state index in [9.17, 15) is 26.8 Å². The van der Waals surface area contributed by atoms with Crippen molar-refractivity contribution in [3.05, 3.63) is 59.7 Å². The predicted molar refractivity (Wildman–Crippen MR) is 88.6 cm³/mol. The first-order valence-corrected chi connectivity index (χ1v) is 8.83. The number of rotatable bonds is 8. The van der Waals surface area contributed by atoms with Crippen molar-refractivity contribution in [1.82, 2.24) is 10.3 Å². The van der Waals surface area contributed by atoms with E-state index < -0.39 is 28.5 Å². The van der Waals surface area contributed by atoms with E-state index in [0.29, 0.717) is 5.56 Å². The van der Waals surface area contributed by atoms with Crippen molar-refractivity contribution in [3.8, 4) is 5.75 Å². The van der Waals surface area contributed by atoms with E-state index in [1.165, 1.54) is 42.5 Å². The molecule has 0 heterocycles. The molecule has 0 radical (unpaired) electrons. The summed E-state index contributed by atoms with van der Waals surface area (Å²) in [5.41, 5.74) is 2.25. The van der Waals surface area contributed by atoms with Gasteiger partial charge in [-0.3, -0.25) is 15.0 Å². The average molecular weight is 400 g/mol. The van der Waals surface area contributed by atoms with E-state index in [1.54, 1.807) is 0 Å². The Kier molecular flexibility index (Phi) is 6.42. The number of alkyl halides is 2. The molecule has 27 heavy (non-hydrogen) atoms. The second-order valence-electron chi connectivity index (χ2n) is 5.18. The number of carboxylic acids is 1. The van der Waals surface area contributed by atoms with Crippen LogP contribution in [0.1, 0.15) is 15.9 Å². The van der Waals surface area contributed by atoms with Gasteiger partial charge in [0.2, 0.25) is 0 Å². The van der Waals surface area contributed by atoms with Crippen molar-refractivity contribution in [2.24, 2.45) is 0 Å². The van der Waals surface area contributed by atoms with Crippen molar-refractivity contribution in [1.29, 1.82) is 0 Å². The van der Waals surface area contributed by atoms with Crippen LogP contribution in [0.4, 0.5) is 8.78 Å². The van der Waals surface area contributed by atoms with E-state index in [0.717, 1.165) is 6.07 Å². The fraction of sp³-hybridized carbons (Fsp3) is 0.125. The number of aliphatic carboxylic acids is 1. The highest BCUT2D eigenvalue weighted by molar-refractivity contribution is 7.89. The maximum absolute atomic E-state index is 12.2. The first kappa shape index (κ1) is 20.3. The number of carbonyl (C=O) groups excluding carboxylic acids is 1. The molecule has 0 aliphatic rings. The molecule has 0 saturated carbocycles. The highest BCUT2D eigenvalue weighted by Crippen LogP contribution is 2.16. The van der Waals surface area contributed by atoms with Crippen molar-refractivity contribution >= 4 is 21.9 Å². The molecule has 2 aromatic rings. The lowest BCUT2D eigenvalue weighted by Crippen LogP contribution is -2.41. The second kappa shape index (κ2) is 8.56. The highest BCUT2D eigenvalue weighted by Gasteiger charge is 2.16. The number of hydrogen-bond donors (Lipinski definition) is 3. The molecule has 1 amide bonds. The largest absolute Gasteiger partial charge is 0.481 e. The Morgan fingerprint density at radius 2 is 1.78 bits per heavy atom. The van der Waals surface area contributed by atoms with Crippen LogP contribution >= 0.6 is 0 Å². The Bertz CT molecular complexity index is 932. The molecule has 0 fully saturated rings. The van der Waals surface area contributed by atoms with Gasteiger partial charge in [-0.15, -0.1) is 4.83 Å². The molecule has 11 heteroatoms. The van der Waals surface area contributed by atoms with Gasteiger partial charge in [-0.05, 0) is 35.9 Å². The summed E-state index contributed by atoms with van der Waals surface area (Å²) in [6.07, 6.45) is -0.262. The minimum Gasteiger partial charge on any atom is -0.481 e. The molecule has 0 spiro atoms. The molecule has 0 aliphatic heterocycles. The fourth-order valence-electron chi connectivity index (χ4n) is 2.02. The summed E-state index contributed by atoms with van der Waals surface area (Å²) in [4.78, 5) is 24.3. The van der Waals surface area contributed by atoms with Crippen molar-refractivity contribution in [2.75, 3.05) is 0 Å². The Morgan fingerprint density at radius 3 is 2.37 bits per heavy atom. The molecule has 144 valence electrons. The molecule has 8 nitrogen and oxygen atoms in total. The molecule has 0 unspecified atom stereocenters. The molecule has 2 aromatic carbocycles. The third kappa shape index (κ3) is 6.01. The lowest BCUT2D eigenvalue weighted by molar-refractivity contribution is -0.136. The van der Waals surface area contributed by atoms with E-state index in [2.05, 4.69) is 4.74 Å². The molecule has 0 aromatic heterocycles. The third-order valence-electron chi connectivity index (χ3n) is 3.21. The van der Waals surface area contributed by atoms with Crippen LogP contribution in [0.15, 0.2) is 53.4 Å². The van der Waals surface area contributed by atoms with Crippen molar-refractivity contribution in [2.45, 2.75) is 17.9 Å². The maximum Gasteiger partial charge on any atom is 0.387 e. The lowest BCUT2D eigenvalue weighted by atomic mass is 10.2. The van der Waals surface area contributed by atoms with Crippen LogP contribution < -0.4 is 15.0 Å². The van der Waals surface area contributed by atoms with Crippen LogP contribution in [0.3, 0.4) is 0 Å². The van der Waals surface area contributed by atoms with Crippen molar-refractivity contribution < 1.29 is 36.6 Å². The van der Waals surface area contributed by atoms with Gasteiger partial charge in [-0.2, -0.15) is 8.78 Å². The van der Waals surface area contributed by atoms with Gasteiger partial charge in [-0.1, -0.05) is 18.2 Å². The summed E-state index contributed by atoms with van der Waals surface area (Å²) in [6, 6.07) is 9.84. The first-order chi connectivity index (χ1) is 12.7. The summed E-state index contributed by atoms with van der Waals surface area (Å²) < 4.78 is 52.9. The molecule has 0 aliphatic carbocycles. The van der Waals surface area contributed by atoms with Crippen LogP contribution in [0, 0.1) is 0 Å². The first-order valence-electron chi connectivity index (χ1n) is 7.35. The standard InChI is InChI=1S/C16H14F2N2O6S/c17-16(18)26-12-3-1-2-11(9-12)15(23)19-20-27(24,25)13-6-4-10(5-7-13)8-14(21)22/h1-7,9,16,20H,8H2,(H,19,23)(H,21,22). The van der Waals surface area contributed by atoms with E-state index >= 15 is 0 Å². The van der Waals surface area contributed by atoms with Crippen LogP contribution in [0.2, 0.25) is 0 Å². The number of nitrogens with one attached hydrogen (secondary N) is 2. The number of carboxylic acid groups (broad SMARTS) is 1. The van der Waals surface area contributed by atoms with Gasteiger partial charge in [-0.25, -0.2) is 8.42 Å². The van der Waals surface area contributed by atoms with Gasteiger partial charge in [0, 0.05) is 5.56 Å². The number of sulfonamides is 1. The third-order valence-corrected chi connectivity index (χ3v) is 4.47.